The van der Waals surface area contributed by atoms with E-state index in [4.69, 9.17) is 17.2 Å². The molecule has 0 aliphatic heterocycles. The van der Waals surface area contributed by atoms with Crippen molar-refractivity contribution in [2.75, 3.05) is 6.54 Å². The van der Waals surface area contributed by atoms with Gasteiger partial charge in [-0.3, -0.25) is 20.6 Å². The van der Waals surface area contributed by atoms with Crippen molar-refractivity contribution >= 4 is 34.1 Å². The average molecular weight is 356 g/mol. The Bertz CT molecular complexity index is 786. The fourth-order valence-electron chi connectivity index (χ4n) is 2.67. The van der Waals surface area contributed by atoms with Gasteiger partial charge in [-0.1, -0.05) is 32.0 Å². The molecular formula is C19H24N4OS. The van der Waals surface area contributed by atoms with Crippen LogP contribution in [0.25, 0.3) is 10.9 Å². The number of amides is 1. The highest BCUT2D eigenvalue weighted by Crippen LogP contribution is 2.40. The molecular weight excluding hydrogens is 332 g/mol. The van der Waals surface area contributed by atoms with Crippen molar-refractivity contribution in [1.82, 2.24) is 21.2 Å². The lowest BCUT2D eigenvalue weighted by Crippen LogP contribution is -2.47. The van der Waals surface area contributed by atoms with Crippen LogP contribution in [0.1, 0.15) is 55.1 Å². The maximum atomic E-state index is 12.7. The van der Waals surface area contributed by atoms with E-state index in [1.807, 2.05) is 30.3 Å². The van der Waals surface area contributed by atoms with E-state index in [0.29, 0.717) is 22.5 Å². The van der Waals surface area contributed by atoms with Crippen molar-refractivity contribution in [1.29, 1.82) is 0 Å². The molecule has 1 aliphatic rings. The molecule has 1 aliphatic carbocycles. The lowest BCUT2D eigenvalue weighted by atomic mass is 10.1. The quantitative estimate of drug-likeness (QED) is 0.567. The van der Waals surface area contributed by atoms with Crippen molar-refractivity contribution in [2.45, 2.75) is 39.0 Å². The third-order valence-electron chi connectivity index (χ3n) is 4.27. The summed E-state index contributed by atoms with van der Waals surface area (Å²) in [6.45, 7) is 5.10. The third kappa shape index (κ3) is 4.66. The molecule has 1 aromatic heterocycles. The second-order valence-electron chi connectivity index (χ2n) is 6.90. The van der Waals surface area contributed by atoms with E-state index in [1.165, 1.54) is 0 Å². The second kappa shape index (κ2) is 7.78. The number of aromatic nitrogens is 1. The summed E-state index contributed by atoms with van der Waals surface area (Å²) in [7, 11) is 0. The zero-order chi connectivity index (χ0) is 17.8. The van der Waals surface area contributed by atoms with Gasteiger partial charge in [0.2, 0.25) is 0 Å². The Labute approximate surface area is 153 Å². The van der Waals surface area contributed by atoms with E-state index in [1.54, 1.807) is 0 Å². The highest BCUT2D eigenvalue weighted by molar-refractivity contribution is 7.80. The van der Waals surface area contributed by atoms with Gasteiger partial charge in [0.1, 0.15) is 0 Å². The Kier molecular flexibility index (Phi) is 5.48. The molecule has 2 aromatic rings. The first-order valence-electron chi connectivity index (χ1n) is 8.78. The smallest absolute Gasteiger partial charge is 0.270 e. The monoisotopic (exact) mass is 356 g/mol. The molecule has 5 nitrogen and oxygen atoms in total. The van der Waals surface area contributed by atoms with Gasteiger partial charge in [0.15, 0.2) is 5.11 Å². The molecule has 0 unspecified atom stereocenters. The number of rotatable bonds is 5. The molecule has 6 heteroatoms. The minimum Gasteiger partial charge on any atom is -0.361 e. The molecule has 0 bridgehead atoms. The van der Waals surface area contributed by atoms with E-state index in [0.717, 1.165) is 42.4 Å². The molecule has 0 spiro atoms. The predicted molar refractivity (Wildman–Crippen MR) is 104 cm³/mol. The summed E-state index contributed by atoms with van der Waals surface area (Å²) >= 11 is 5.20. The lowest BCUT2D eigenvalue weighted by Gasteiger charge is -2.14. The number of hydrogen-bond acceptors (Lipinski definition) is 3. The van der Waals surface area contributed by atoms with Gasteiger partial charge in [0.25, 0.3) is 5.91 Å². The number of hydrogen-bond donors (Lipinski definition) is 3. The number of carbonyl (C=O) groups excluding carboxylic acids is 1. The van der Waals surface area contributed by atoms with E-state index in [9.17, 15) is 4.79 Å². The molecule has 25 heavy (non-hydrogen) atoms. The maximum absolute atomic E-state index is 12.7. The number of nitrogens with zero attached hydrogens (tertiary/aromatic N) is 1. The fraction of sp³-hybridized carbons (Fsp3) is 0.421. The highest BCUT2D eigenvalue weighted by atomic mass is 32.1. The van der Waals surface area contributed by atoms with Crippen LogP contribution >= 0.6 is 12.2 Å². The zero-order valence-corrected chi connectivity index (χ0v) is 15.5. The van der Waals surface area contributed by atoms with E-state index < -0.39 is 0 Å². The van der Waals surface area contributed by atoms with Crippen molar-refractivity contribution < 1.29 is 4.79 Å². The van der Waals surface area contributed by atoms with Gasteiger partial charge in [0.05, 0.1) is 11.1 Å². The van der Waals surface area contributed by atoms with Gasteiger partial charge in [-0.05, 0) is 49.5 Å². The zero-order valence-electron chi connectivity index (χ0n) is 14.6. The summed E-state index contributed by atoms with van der Waals surface area (Å²) in [6.07, 6.45) is 3.32. The molecule has 0 radical (unpaired) electrons. The summed E-state index contributed by atoms with van der Waals surface area (Å²) in [4.78, 5) is 17.3. The Morgan fingerprint density at radius 3 is 2.76 bits per heavy atom. The highest BCUT2D eigenvalue weighted by Gasteiger charge is 2.26. The van der Waals surface area contributed by atoms with Gasteiger partial charge in [-0.2, -0.15) is 0 Å². The fourth-order valence-corrected chi connectivity index (χ4v) is 2.82. The van der Waals surface area contributed by atoms with Gasteiger partial charge >= 0.3 is 0 Å². The van der Waals surface area contributed by atoms with E-state index in [2.05, 4.69) is 30.0 Å². The molecule has 0 atom stereocenters. The van der Waals surface area contributed by atoms with Gasteiger partial charge in [-0.25, -0.2) is 0 Å². The van der Waals surface area contributed by atoms with Crippen molar-refractivity contribution in [3.63, 3.8) is 0 Å². The first-order valence-corrected chi connectivity index (χ1v) is 9.19. The maximum Gasteiger partial charge on any atom is 0.270 e. The minimum atomic E-state index is -0.200. The SMILES string of the molecule is CC(C)CCNC(=S)NNC(=O)c1cc(C2CC2)nc2ccccc12. The largest absolute Gasteiger partial charge is 0.361 e. The predicted octanol–water partition coefficient (Wildman–Crippen LogP) is 3.27. The van der Waals surface area contributed by atoms with Crippen LogP contribution in [-0.2, 0) is 0 Å². The lowest BCUT2D eigenvalue weighted by molar-refractivity contribution is 0.0945. The molecule has 1 aromatic carbocycles. The molecule has 132 valence electrons. The molecule has 3 N–H and O–H groups in total. The van der Waals surface area contributed by atoms with Crippen LogP contribution in [0.4, 0.5) is 0 Å². The molecule has 1 heterocycles. The molecule has 0 saturated heterocycles. The standard InChI is InChI=1S/C19H24N4OS/c1-12(2)9-10-20-19(25)23-22-18(24)15-11-17(13-7-8-13)21-16-6-4-3-5-14(15)16/h3-6,11-13H,7-10H2,1-2H3,(H,22,24)(H2,20,23,25). The summed E-state index contributed by atoms with van der Waals surface area (Å²) in [5.74, 6) is 0.894. The first-order chi connectivity index (χ1) is 12.0. The number of fused-ring (bicyclic) bond motifs is 1. The van der Waals surface area contributed by atoms with Crippen LogP contribution in [0.5, 0.6) is 0 Å². The number of para-hydroxylation sites is 1. The van der Waals surface area contributed by atoms with Crippen LogP contribution in [0.2, 0.25) is 0 Å². The second-order valence-corrected chi connectivity index (χ2v) is 7.31. The summed E-state index contributed by atoms with van der Waals surface area (Å²) in [5, 5.41) is 4.37. The van der Waals surface area contributed by atoms with Crippen LogP contribution in [0.15, 0.2) is 30.3 Å². The molecule has 1 fully saturated rings. The topological polar surface area (TPSA) is 66.0 Å². The number of benzene rings is 1. The Morgan fingerprint density at radius 2 is 2.04 bits per heavy atom. The summed E-state index contributed by atoms with van der Waals surface area (Å²) in [5.41, 5.74) is 7.97. The Morgan fingerprint density at radius 1 is 1.28 bits per heavy atom. The number of nitrogens with one attached hydrogen (secondary N) is 3. The van der Waals surface area contributed by atoms with E-state index in [-0.39, 0.29) is 5.91 Å². The summed E-state index contributed by atoms with van der Waals surface area (Å²) in [6, 6.07) is 9.64. The van der Waals surface area contributed by atoms with Crippen LogP contribution in [-0.4, -0.2) is 22.5 Å². The van der Waals surface area contributed by atoms with Crippen molar-refractivity contribution in [3.8, 4) is 0 Å². The van der Waals surface area contributed by atoms with Crippen LogP contribution in [0.3, 0.4) is 0 Å². The number of carbonyl (C=O) groups is 1. The summed E-state index contributed by atoms with van der Waals surface area (Å²) < 4.78 is 0. The van der Waals surface area contributed by atoms with Crippen molar-refractivity contribution in [2.24, 2.45) is 5.92 Å². The van der Waals surface area contributed by atoms with Crippen LogP contribution in [0, 0.1) is 5.92 Å². The molecule has 1 saturated carbocycles. The number of thiocarbonyl (C=S) groups is 1. The van der Waals surface area contributed by atoms with Gasteiger partial charge in [-0.15, -0.1) is 0 Å². The average Bonchev–Trinajstić information content (AvgIpc) is 3.43. The van der Waals surface area contributed by atoms with Crippen LogP contribution < -0.4 is 16.2 Å². The molecule has 1 amide bonds. The number of hydrazine groups is 1. The normalized spacial score (nSPS) is 13.7. The first kappa shape index (κ1) is 17.6. The molecule has 3 rings (SSSR count). The minimum absolute atomic E-state index is 0.200. The Hall–Kier alpha value is -2.21. The van der Waals surface area contributed by atoms with Crippen molar-refractivity contribution in [3.05, 3.63) is 41.6 Å². The number of pyridine rings is 1. The third-order valence-corrected chi connectivity index (χ3v) is 4.52. The van der Waals surface area contributed by atoms with Gasteiger partial charge in [0, 0.05) is 23.5 Å². The Balaban J connectivity index is 1.68. The van der Waals surface area contributed by atoms with Gasteiger partial charge < -0.3 is 5.32 Å². The van der Waals surface area contributed by atoms with E-state index >= 15 is 0 Å².